The largest absolute Gasteiger partial charge is 0.457 e. The maximum absolute atomic E-state index is 10.4. The summed E-state index contributed by atoms with van der Waals surface area (Å²) in [4.78, 5) is 9.98. The van der Waals surface area contributed by atoms with E-state index in [1.54, 1.807) is 24.3 Å². The van der Waals surface area contributed by atoms with E-state index in [2.05, 4.69) is 6.07 Å². The van der Waals surface area contributed by atoms with Gasteiger partial charge in [0.1, 0.15) is 11.5 Å². The van der Waals surface area contributed by atoms with Crippen LogP contribution in [0.25, 0.3) is 0 Å². The molecule has 0 aliphatic carbocycles. The molecule has 0 fully saturated rings. The molecule has 0 spiro atoms. The molecule has 0 aromatic heterocycles. The second kappa shape index (κ2) is 4.44. The van der Waals surface area contributed by atoms with E-state index in [1.807, 2.05) is 12.1 Å². The van der Waals surface area contributed by atoms with Crippen molar-refractivity contribution >= 4 is 5.69 Å². The second-order valence-corrected chi connectivity index (χ2v) is 3.08. The lowest BCUT2D eigenvalue weighted by atomic mass is 10.3. The Morgan fingerprint density at radius 1 is 1.12 bits per heavy atom. The minimum Gasteiger partial charge on any atom is -0.457 e. The third-order valence-corrected chi connectivity index (χ3v) is 1.96. The van der Waals surface area contributed by atoms with Crippen LogP contribution in [-0.4, -0.2) is 4.92 Å². The lowest BCUT2D eigenvalue weighted by Crippen LogP contribution is -1.88. The van der Waals surface area contributed by atoms with E-state index in [0.717, 1.165) is 0 Å². The fourth-order valence-corrected chi connectivity index (χ4v) is 1.20. The van der Waals surface area contributed by atoms with E-state index in [1.165, 1.54) is 12.1 Å². The fourth-order valence-electron chi connectivity index (χ4n) is 1.20. The summed E-state index contributed by atoms with van der Waals surface area (Å²) in [7, 11) is 0. The Labute approximate surface area is 92.3 Å². The van der Waals surface area contributed by atoms with E-state index in [9.17, 15) is 10.1 Å². The summed E-state index contributed by atoms with van der Waals surface area (Å²) in [6.45, 7) is 0. The third kappa shape index (κ3) is 2.36. The Morgan fingerprint density at radius 3 is 2.44 bits per heavy atom. The van der Waals surface area contributed by atoms with E-state index in [0.29, 0.717) is 11.5 Å². The summed E-state index contributed by atoms with van der Waals surface area (Å²) in [5.41, 5.74) is 0.0457. The lowest BCUT2D eigenvalue weighted by molar-refractivity contribution is -0.384. The third-order valence-electron chi connectivity index (χ3n) is 1.96. The Balaban J connectivity index is 2.14. The highest BCUT2D eigenvalue weighted by molar-refractivity contribution is 5.38. The van der Waals surface area contributed by atoms with Crippen LogP contribution in [0.2, 0.25) is 0 Å². The van der Waals surface area contributed by atoms with Gasteiger partial charge in [-0.25, -0.2) is 0 Å². The number of nitrogens with zero attached hydrogens (tertiary/aromatic N) is 1. The first kappa shape index (κ1) is 10.2. The Morgan fingerprint density at radius 2 is 1.88 bits per heavy atom. The SMILES string of the molecule is O=[N+]([O-])c1ccc(Oc2[c]cccc2)cc1. The molecule has 0 unspecified atom stereocenters. The molecule has 2 rings (SSSR count). The standard InChI is InChI=1S/C12H8NO3/c14-13(15)10-6-8-12(9-7-10)16-11-4-2-1-3-5-11/h1-4,6-9H. The molecule has 1 radical (unpaired) electrons. The van der Waals surface area contributed by atoms with Crippen molar-refractivity contribution < 1.29 is 9.66 Å². The van der Waals surface area contributed by atoms with Gasteiger partial charge in [-0.2, -0.15) is 0 Å². The van der Waals surface area contributed by atoms with Gasteiger partial charge in [0.05, 0.1) is 4.92 Å². The molecule has 0 atom stereocenters. The molecule has 2 aromatic rings. The molecule has 0 saturated carbocycles. The van der Waals surface area contributed by atoms with Gasteiger partial charge < -0.3 is 4.74 Å². The number of hydrogen-bond donors (Lipinski definition) is 0. The molecule has 0 saturated heterocycles. The molecule has 2 aromatic carbocycles. The predicted molar refractivity (Wildman–Crippen MR) is 58.4 cm³/mol. The topological polar surface area (TPSA) is 52.4 Å². The summed E-state index contributed by atoms with van der Waals surface area (Å²) >= 11 is 0. The van der Waals surface area contributed by atoms with Crippen molar-refractivity contribution in [2.24, 2.45) is 0 Å². The van der Waals surface area contributed by atoms with Crippen LogP contribution in [0, 0.1) is 16.2 Å². The molecule has 0 N–H and O–H groups in total. The van der Waals surface area contributed by atoms with Gasteiger partial charge in [0.15, 0.2) is 0 Å². The smallest absolute Gasteiger partial charge is 0.269 e. The molecule has 16 heavy (non-hydrogen) atoms. The number of nitro groups is 1. The van der Waals surface area contributed by atoms with Crippen LogP contribution in [-0.2, 0) is 0 Å². The van der Waals surface area contributed by atoms with Gasteiger partial charge in [0.2, 0.25) is 0 Å². The Hall–Kier alpha value is -2.36. The second-order valence-electron chi connectivity index (χ2n) is 3.08. The summed E-state index contributed by atoms with van der Waals surface area (Å²) < 4.78 is 5.43. The number of rotatable bonds is 3. The van der Waals surface area contributed by atoms with Crippen LogP contribution in [0.3, 0.4) is 0 Å². The Kier molecular flexibility index (Phi) is 2.82. The number of nitro benzene ring substituents is 1. The first-order valence-electron chi connectivity index (χ1n) is 4.65. The molecule has 0 amide bonds. The molecule has 0 aliphatic rings. The predicted octanol–water partition coefficient (Wildman–Crippen LogP) is 3.19. The van der Waals surface area contributed by atoms with Crippen LogP contribution in [0.5, 0.6) is 11.5 Å². The highest BCUT2D eigenvalue weighted by atomic mass is 16.6. The van der Waals surface area contributed by atoms with Crippen LogP contribution >= 0.6 is 0 Å². The van der Waals surface area contributed by atoms with Crippen molar-refractivity contribution in [3.8, 4) is 11.5 Å². The average Bonchev–Trinajstić information content (AvgIpc) is 2.31. The summed E-state index contributed by atoms with van der Waals surface area (Å²) in [5, 5.41) is 10.4. The quantitative estimate of drug-likeness (QED) is 0.582. The molecular weight excluding hydrogens is 206 g/mol. The minimum absolute atomic E-state index is 0.0457. The van der Waals surface area contributed by atoms with Gasteiger partial charge in [-0.05, 0) is 18.2 Å². The van der Waals surface area contributed by atoms with E-state index in [4.69, 9.17) is 4.74 Å². The molecule has 0 bridgehead atoms. The van der Waals surface area contributed by atoms with Gasteiger partial charge in [-0.1, -0.05) is 18.2 Å². The zero-order valence-corrected chi connectivity index (χ0v) is 8.29. The van der Waals surface area contributed by atoms with Gasteiger partial charge in [0, 0.05) is 18.2 Å². The zero-order chi connectivity index (χ0) is 11.4. The lowest BCUT2D eigenvalue weighted by Gasteiger charge is -2.03. The number of non-ortho nitro benzene ring substituents is 1. The van der Waals surface area contributed by atoms with Crippen molar-refractivity contribution in [1.82, 2.24) is 0 Å². The van der Waals surface area contributed by atoms with Crippen molar-refractivity contribution in [2.45, 2.75) is 0 Å². The number of ether oxygens (including phenoxy) is 1. The van der Waals surface area contributed by atoms with Crippen molar-refractivity contribution in [3.05, 3.63) is 64.7 Å². The van der Waals surface area contributed by atoms with Gasteiger partial charge in [-0.15, -0.1) is 0 Å². The maximum Gasteiger partial charge on any atom is 0.269 e. The Bertz CT molecular complexity index is 479. The number of benzene rings is 2. The zero-order valence-electron chi connectivity index (χ0n) is 8.29. The van der Waals surface area contributed by atoms with E-state index >= 15 is 0 Å². The molecular formula is C12H8NO3. The van der Waals surface area contributed by atoms with Crippen LogP contribution in [0.4, 0.5) is 5.69 Å². The van der Waals surface area contributed by atoms with Crippen LogP contribution in [0.1, 0.15) is 0 Å². The molecule has 79 valence electrons. The molecule has 0 heterocycles. The minimum atomic E-state index is -0.446. The summed E-state index contributed by atoms with van der Waals surface area (Å²) in [6, 6.07) is 16.0. The monoisotopic (exact) mass is 214 g/mol. The first-order valence-corrected chi connectivity index (χ1v) is 4.65. The summed E-state index contributed by atoms with van der Waals surface area (Å²) in [6.07, 6.45) is 0. The average molecular weight is 214 g/mol. The summed E-state index contributed by atoms with van der Waals surface area (Å²) in [5.74, 6) is 1.13. The molecule has 4 heteroatoms. The van der Waals surface area contributed by atoms with E-state index < -0.39 is 4.92 Å². The van der Waals surface area contributed by atoms with Crippen LogP contribution < -0.4 is 4.74 Å². The van der Waals surface area contributed by atoms with Crippen molar-refractivity contribution in [1.29, 1.82) is 0 Å². The highest BCUT2D eigenvalue weighted by Crippen LogP contribution is 2.22. The molecule has 4 nitrogen and oxygen atoms in total. The highest BCUT2D eigenvalue weighted by Gasteiger charge is 2.04. The number of para-hydroxylation sites is 1. The van der Waals surface area contributed by atoms with Gasteiger partial charge >= 0.3 is 0 Å². The van der Waals surface area contributed by atoms with Crippen molar-refractivity contribution in [3.63, 3.8) is 0 Å². The fraction of sp³-hybridized carbons (Fsp3) is 0. The molecule has 0 aliphatic heterocycles. The first-order chi connectivity index (χ1) is 7.75. The van der Waals surface area contributed by atoms with Crippen molar-refractivity contribution in [2.75, 3.05) is 0 Å². The van der Waals surface area contributed by atoms with E-state index in [-0.39, 0.29) is 5.69 Å². The normalized spacial score (nSPS) is 9.75. The van der Waals surface area contributed by atoms with Crippen LogP contribution in [0.15, 0.2) is 48.5 Å². The number of hydrogen-bond acceptors (Lipinski definition) is 3. The van der Waals surface area contributed by atoms with Gasteiger partial charge in [0.25, 0.3) is 5.69 Å². The maximum atomic E-state index is 10.4. The van der Waals surface area contributed by atoms with Gasteiger partial charge in [-0.3, -0.25) is 10.1 Å².